The molecule has 1 amide bonds. The lowest BCUT2D eigenvalue weighted by atomic mass is 10.1. The molecule has 0 aliphatic rings. The van der Waals surface area contributed by atoms with E-state index < -0.39 is 0 Å². The van der Waals surface area contributed by atoms with Crippen molar-refractivity contribution in [3.8, 4) is 0 Å². The summed E-state index contributed by atoms with van der Waals surface area (Å²) in [5.41, 5.74) is 6.62. The third kappa shape index (κ3) is 4.31. The van der Waals surface area contributed by atoms with E-state index in [1.54, 1.807) is 6.26 Å². The number of aromatic nitrogens is 4. The van der Waals surface area contributed by atoms with Crippen molar-refractivity contribution in [3.63, 3.8) is 0 Å². The maximum absolute atomic E-state index is 12.5. The van der Waals surface area contributed by atoms with E-state index in [-0.39, 0.29) is 11.9 Å². The van der Waals surface area contributed by atoms with Crippen LogP contribution in [0.4, 0.5) is 0 Å². The minimum atomic E-state index is 0.0459. The van der Waals surface area contributed by atoms with Crippen molar-refractivity contribution in [1.29, 1.82) is 0 Å². The maximum atomic E-state index is 12.5. The minimum Gasteiger partial charge on any atom is -0.469 e. The molecular weight excluding hydrogens is 390 g/mol. The lowest BCUT2D eigenvalue weighted by Gasteiger charge is -2.14. The van der Waals surface area contributed by atoms with Crippen molar-refractivity contribution in [2.45, 2.75) is 66.3 Å². The van der Waals surface area contributed by atoms with Gasteiger partial charge >= 0.3 is 0 Å². The molecule has 4 aromatic heterocycles. The molecule has 1 N–H and O–H groups in total. The summed E-state index contributed by atoms with van der Waals surface area (Å²) in [4.78, 5) is 21.9. The third-order valence-electron chi connectivity index (χ3n) is 5.82. The highest BCUT2D eigenvalue weighted by Gasteiger charge is 2.17. The SMILES string of the molecule is Cc1cc(C)c2c(n1)nn1c(C)c(CCC(=O)NC(C)CCc3ccco3)c(C)nc21. The zero-order chi connectivity index (χ0) is 22.1. The monoisotopic (exact) mass is 419 g/mol. The Bertz CT molecular complexity index is 1240. The molecule has 1 unspecified atom stereocenters. The van der Waals surface area contributed by atoms with Crippen LogP contribution < -0.4 is 5.32 Å². The largest absolute Gasteiger partial charge is 0.469 e. The van der Waals surface area contributed by atoms with Crippen LogP contribution in [-0.2, 0) is 17.6 Å². The van der Waals surface area contributed by atoms with Gasteiger partial charge in [0.25, 0.3) is 0 Å². The first kappa shape index (κ1) is 21.0. The van der Waals surface area contributed by atoms with Crippen molar-refractivity contribution < 1.29 is 9.21 Å². The summed E-state index contributed by atoms with van der Waals surface area (Å²) in [6.45, 7) is 10.1. The second-order valence-electron chi connectivity index (χ2n) is 8.36. The molecule has 0 spiro atoms. The smallest absolute Gasteiger partial charge is 0.220 e. The molecule has 0 aliphatic carbocycles. The third-order valence-corrected chi connectivity index (χ3v) is 5.82. The van der Waals surface area contributed by atoms with E-state index in [2.05, 4.69) is 23.3 Å². The van der Waals surface area contributed by atoms with Gasteiger partial charge in [-0.25, -0.2) is 14.5 Å². The number of furan rings is 1. The number of pyridine rings is 1. The van der Waals surface area contributed by atoms with E-state index in [4.69, 9.17) is 14.5 Å². The first-order valence-electron chi connectivity index (χ1n) is 10.8. The lowest BCUT2D eigenvalue weighted by Crippen LogP contribution is -2.33. The quantitative estimate of drug-likeness (QED) is 0.486. The fraction of sp³-hybridized carbons (Fsp3) is 0.417. The summed E-state index contributed by atoms with van der Waals surface area (Å²) in [5, 5.41) is 8.78. The molecule has 7 nitrogen and oxygen atoms in total. The summed E-state index contributed by atoms with van der Waals surface area (Å²) >= 11 is 0. The van der Waals surface area contributed by atoms with Crippen LogP contribution in [0, 0.1) is 27.7 Å². The van der Waals surface area contributed by atoms with Crippen LogP contribution in [0.25, 0.3) is 16.7 Å². The molecule has 0 fully saturated rings. The van der Waals surface area contributed by atoms with Crippen LogP contribution in [0.2, 0.25) is 0 Å². The Hall–Kier alpha value is -3.22. The average Bonchev–Trinajstić information content (AvgIpc) is 3.34. The molecule has 0 aromatic carbocycles. The van der Waals surface area contributed by atoms with Crippen molar-refractivity contribution in [2.24, 2.45) is 0 Å². The summed E-state index contributed by atoms with van der Waals surface area (Å²) in [6, 6.07) is 5.99. The Labute approximate surface area is 181 Å². The maximum Gasteiger partial charge on any atom is 0.220 e. The van der Waals surface area contributed by atoms with Gasteiger partial charge in [0.05, 0.1) is 11.6 Å². The van der Waals surface area contributed by atoms with Gasteiger partial charge in [-0.1, -0.05) is 0 Å². The Balaban J connectivity index is 1.47. The van der Waals surface area contributed by atoms with Crippen LogP contribution in [0.1, 0.15) is 53.7 Å². The molecule has 4 aromatic rings. The number of rotatable bonds is 7. The predicted octanol–water partition coefficient (Wildman–Crippen LogP) is 4.17. The van der Waals surface area contributed by atoms with E-state index in [1.807, 2.05) is 44.3 Å². The van der Waals surface area contributed by atoms with Gasteiger partial charge in [-0.3, -0.25) is 4.79 Å². The molecule has 0 saturated carbocycles. The molecule has 0 radical (unpaired) electrons. The Kier molecular flexibility index (Phi) is 5.76. The number of aryl methyl sites for hydroxylation is 5. The molecule has 4 rings (SSSR count). The van der Waals surface area contributed by atoms with E-state index >= 15 is 0 Å². The van der Waals surface area contributed by atoms with Crippen LogP contribution in [-0.4, -0.2) is 31.5 Å². The molecule has 162 valence electrons. The Morgan fingerprint density at radius 3 is 2.74 bits per heavy atom. The normalized spacial score (nSPS) is 12.5. The predicted molar refractivity (Wildman–Crippen MR) is 120 cm³/mol. The van der Waals surface area contributed by atoms with Crippen molar-refractivity contribution in [2.75, 3.05) is 0 Å². The van der Waals surface area contributed by atoms with Gasteiger partial charge in [-0.15, -0.1) is 5.10 Å². The summed E-state index contributed by atoms with van der Waals surface area (Å²) in [7, 11) is 0. The minimum absolute atomic E-state index is 0.0459. The van der Waals surface area contributed by atoms with Crippen molar-refractivity contribution in [1.82, 2.24) is 24.9 Å². The summed E-state index contributed by atoms with van der Waals surface area (Å²) in [5.74, 6) is 0.989. The van der Waals surface area contributed by atoms with Crippen LogP contribution in [0.15, 0.2) is 28.9 Å². The van der Waals surface area contributed by atoms with Crippen LogP contribution in [0.5, 0.6) is 0 Å². The number of nitrogens with zero attached hydrogens (tertiary/aromatic N) is 4. The molecule has 31 heavy (non-hydrogen) atoms. The second kappa shape index (κ2) is 8.49. The van der Waals surface area contributed by atoms with Gasteiger partial charge in [0.2, 0.25) is 5.91 Å². The van der Waals surface area contributed by atoms with Gasteiger partial charge in [-0.2, -0.15) is 0 Å². The first-order valence-corrected chi connectivity index (χ1v) is 10.8. The molecule has 0 saturated heterocycles. The zero-order valence-corrected chi connectivity index (χ0v) is 18.8. The van der Waals surface area contributed by atoms with Gasteiger partial charge in [0.15, 0.2) is 11.3 Å². The van der Waals surface area contributed by atoms with Crippen molar-refractivity contribution >= 4 is 22.6 Å². The highest BCUT2D eigenvalue weighted by Crippen LogP contribution is 2.25. The number of amides is 1. The molecule has 7 heteroatoms. The topological polar surface area (TPSA) is 85.3 Å². The molecule has 1 atom stereocenters. The molecule has 0 bridgehead atoms. The fourth-order valence-corrected chi connectivity index (χ4v) is 4.20. The number of nitrogens with one attached hydrogen (secondary N) is 1. The number of hydrogen-bond donors (Lipinski definition) is 1. The lowest BCUT2D eigenvalue weighted by molar-refractivity contribution is -0.121. The molecular formula is C24H29N5O2. The van der Waals surface area contributed by atoms with Crippen LogP contribution in [0.3, 0.4) is 0 Å². The standard InChI is InChI=1S/C24H29N5O2/c1-14-13-16(3)26-23-22(14)24-27-17(4)20(18(5)29(24)28-23)10-11-21(30)25-15(2)8-9-19-7-6-12-31-19/h6-7,12-13,15H,8-11H2,1-5H3,(H,25,30). The number of hydrogen-bond acceptors (Lipinski definition) is 5. The van der Waals surface area contributed by atoms with Gasteiger partial charge in [0, 0.05) is 36.0 Å². The first-order chi connectivity index (χ1) is 14.8. The van der Waals surface area contributed by atoms with Gasteiger partial charge < -0.3 is 9.73 Å². The van der Waals surface area contributed by atoms with E-state index in [0.29, 0.717) is 18.5 Å². The summed E-state index contributed by atoms with van der Waals surface area (Å²) < 4.78 is 7.23. The second-order valence-corrected chi connectivity index (χ2v) is 8.36. The van der Waals surface area contributed by atoms with Crippen molar-refractivity contribution in [3.05, 3.63) is 58.4 Å². The summed E-state index contributed by atoms with van der Waals surface area (Å²) in [6.07, 6.45) is 4.37. The molecule has 0 aliphatic heterocycles. The van der Waals surface area contributed by atoms with Gasteiger partial charge in [-0.05, 0) is 76.8 Å². The number of carbonyl (C=O) groups excluding carboxylic acids is 1. The Morgan fingerprint density at radius 1 is 1.19 bits per heavy atom. The highest BCUT2D eigenvalue weighted by atomic mass is 16.3. The average molecular weight is 420 g/mol. The fourth-order valence-electron chi connectivity index (χ4n) is 4.20. The number of carbonyl (C=O) groups is 1. The van der Waals surface area contributed by atoms with Gasteiger partial charge in [0.1, 0.15) is 5.76 Å². The zero-order valence-electron chi connectivity index (χ0n) is 18.8. The number of fused-ring (bicyclic) bond motifs is 3. The molecule has 4 heterocycles. The highest BCUT2D eigenvalue weighted by molar-refractivity contribution is 5.93. The van der Waals surface area contributed by atoms with E-state index in [9.17, 15) is 4.79 Å². The Morgan fingerprint density at radius 2 is 2.00 bits per heavy atom. The van der Waals surface area contributed by atoms with E-state index in [1.165, 1.54) is 0 Å². The van der Waals surface area contributed by atoms with E-state index in [0.717, 1.165) is 57.8 Å². The van der Waals surface area contributed by atoms with Crippen LogP contribution >= 0.6 is 0 Å².